The summed E-state index contributed by atoms with van der Waals surface area (Å²) in [6, 6.07) is 0. The van der Waals surface area contributed by atoms with E-state index in [2.05, 4.69) is 10.1 Å². The molecule has 1 saturated heterocycles. The Bertz CT molecular complexity index is 342. The normalized spacial score (nSPS) is 36.0. The maximum absolute atomic E-state index is 9.65. The zero-order chi connectivity index (χ0) is 11.0. The second kappa shape index (κ2) is 3.86. The van der Waals surface area contributed by atoms with E-state index in [9.17, 15) is 10.2 Å². The van der Waals surface area contributed by atoms with E-state index in [0.29, 0.717) is 5.82 Å². The van der Waals surface area contributed by atoms with Crippen molar-refractivity contribution in [1.29, 1.82) is 0 Å². The van der Waals surface area contributed by atoms with Gasteiger partial charge in [-0.15, -0.1) is 0 Å². The van der Waals surface area contributed by atoms with Gasteiger partial charge >= 0.3 is 0 Å². The summed E-state index contributed by atoms with van der Waals surface area (Å²) in [5, 5.41) is 32.0. The Hall–Kier alpha value is -1.02. The predicted molar refractivity (Wildman–Crippen MR) is 47.8 cm³/mol. The summed E-state index contributed by atoms with van der Waals surface area (Å²) < 4.78 is 6.58. The highest BCUT2D eigenvalue weighted by Gasteiger charge is 2.43. The highest BCUT2D eigenvalue weighted by molar-refractivity contribution is 4.89. The molecule has 1 aliphatic rings. The number of ether oxygens (including phenoxy) is 1. The SMILES string of the molecule is Cc1ncn([C@@H]2O[C@H](CO)[C@@H](O)[C@H]2O)n1. The fourth-order valence-electron chi connectivity index (χ4n) is 1.58. The average Bonchev–Trinajstić information content (AvgIpc) is 2.74. The minimum Gasteiger partial charge on any atom is -0.394 e. The third kappa shape index (κ3) is 1.74. The lowest BCUT2D eigenvalue weighted by Crippen LogP contribution is -2.33. The first-order valence-electron chi connectivity index (χ1n) is 4.63. The molecule has 3 N–H and O–H groups in total. The second-order valence-corrected chi connectivity index (χ2v) is 3.50. The van der Waals surface area contributed by atoms with Gasteiger partial charge in [0.1, 0.15) is 30.5 Å². The van der Waals surface area contributed by atoms with Crippen molar-refractivity contribution in [3.63, 3.8) is 0 Å². The summed E-state index contributed by atoms with van der Waals surface area (Å²) in [6.45, 7) is 1.36. The number of hydrogen-bond donors (Lipinski definition) is 3. The van der Waals surface area contributed by atoms with Crippen molar-refractivity contribution in [2.75, 3.05) is 6.61 Å². The van der Waals surface area contributed by atoms with Crippen LogP contribution >= 0.6 is 0 Å². The van der Waals surface area contributed by atoms with E-state index >= 15 is 0 Å². The molecule has 1 aromatic rings. The van der Waals surface area contributed by atoms with Crippen LogP contribution in [0.3, 0.4) is 0 Å². The number of aryl methyl sites for hydroxylation is 1. The van der Waals surface area contributed by atoms with Gasteiger partial charge in [-0.05, 0) is 6.92 Å². The van der Waals surface area contributed by atoms with Gasteiger partial charge < -0.3 is 20.1 Å². The lowest BCUT2D eigenvalue weighted by molar-refractivity contribution is -0.0588. The minimum atomic E-state index is -1.11. The monoisotopic (exact) mass is 215 g/mol. The van der Waals surface area contributed by atoms with Crippen molar-refractivity contribution in [3.8, 4) is 0 Å². The summed E-state index contributed by atoms with van der Waals surface area (Å²) in [4.78, 5) is 3.89. The molecule has 7 nitrogen and oxygen atoms in total. The maximum atomic E-state index is 9.65. The Labute approximate surface area is 85.9 Å². The first kappa shape index (κ1) is 10.5. The van der Waals surface area contributed by atoms with Crippen LogP contribution in [0.15, 0.2) is 6.33 Å². The van der Waals surface area contributed by atoms with Crippen molar-refractivity contribution in [1.82, 2.24) is 14.8 Å². The van der Waals surface area contributed by atoms with Crippen LogP contribution in [0, 0.1) is 6.92 Å². The first-order valence-corrected chi connectivity index (χ1v) is 4.63. The zero-order valence-electron chi connectivity index (χ0n) is 8.19. The van der Waals surface area contributed by atoms with E-state index in [1.54, 1.807) is 6.92 Å². The van der Waals surface area contributed by atoms with Crippen LogP contribution in [0.25, 0.3) is 0 Å². The summed E-state index contributed by atoms with van der Waals surface area (Å²) in [5.74, 6) is 0.549. The fraction of sp³-hybridized carbons (Fsp3) is 0.750. The Morgan fingerprint density at radius 3 is 2.67 bits per heavy atom. The molecule has 0 spiro atoms. The van der Waals surface area contributed by atoms with E-state index in [4.69, 9.17) is 9.84 Å². The molecule has 0 aliphatic carbocycles. The fourth-order valence-corrected chi connectivity index (χ4v) is 1.58. The van der Waals surface area contributed by atoms with E-state index < -0.39 is 24.5 Å². The molecule has 2 heterocycles. The van der Waals surface area contributed by atoms with Crippen molar-refractivity contribution < 1.29 is 20.1 Å². The van der Waals surface area contributed by atoms with Gasteiger partial charge in [-0.25, -0.2) is 9.67 Å². The molecule has 0 saturated carbocycles. The van der Waals surface area contributed by atoms with Gasteiger partial charge in [-0.2, -0.15) is 5.10 Å². The van der Waals surface area contributed by atoms with E-state index in [-0.39, 0.29) is 6.61 Å². The second-order valence-electron chi connectivity index (χ2n) is 3.50. The predicted octanol–water partition coefficient (Wildman–Crippen LogP) is -1.80. The topological polar surface area (TPSA) is 101 Å². The molecule has 1 fully saturated rings. The molecule has 1 aliphatic heterocycles. The van der Waals surface area contributed by atoms with Crippen molar-refractivity contribution in [3.05, 3.63) is 12.2 Å². The van der Waals surface area contributed by atoms with Crippen LogP contribution in [0.5, 0.6) is 0 Å². The Morgan fingerprint density at radius 1 is 1.47 bits per heavy atom. The number of aliphatic hydroxyl groups is 3. The van der Waals surface area contributed by atoms with Crippen molar-refractivity contribution in [2.45, 2.75) is 31.5 Å². The molecule has 7 heteroatoms. The van der Waals surface area contributed by atoms with Crippen LogP contribution < -0.4 is 0 Å². The molecule has 1 aromatic heterocycles. The molecule has 2 rings (SSSR count). The van der Waals surface area contributed by atoms with Crippen LogP contribution in [0.1, 0.15) is 12.1 Å². The van der Waals surface area contributed by atoms with Crippen molar-refractivity contribution in [2.24, 2.45) is 0 Å². The van der Waals surface area contributed by atoms with Gasteiger partial charge in [0.15, 0.2) is 6.23 Å². The van der Waals surface area contributed by atoms with Gasteiger partial charge in [-0.3, -0.25) is 0 Å². The van der Waals surface area contributed by atoms with E-state index in [0.717, 1.165) is 0 Å². The molecule has 0 aromatic carbocycles. The third-order valence-corrected chi connectivity index (χ3v) is 2.40. The number of rotatable bonds is 2. The van der Waals surface area contributed by atoms with Crippen LogP contribution in [-0.2, 0) is 4.74 Å². The summed E-state index contributed by atoms with van der Waals surface area (Å²) in [5.41, 5.74) is 0. The van der Waals surface area contributed by atoms with Crippen molar-refractivity contribution >= 4 is 0 Å². The highest BCUT2D eigenvalue weighted by atomic mass is 16.6. The molecule has 84 valence electrons. The zero-order valence-corrected chi connectivity index (χ0v) is 8.19. The lowest BCUT2D eigenvalue weighted by Gasteiger charge is -2.13. The average molecular weight is 215 g/mol. The van der Waals surface area contributed by atoms with Gasteiger partial charge in [0.25, 0.3) is 0 Å². The molecule has 0 unspecified atom stereocenters. The largest absolute Gasteiger partial charge is 0.394 e. The Morgan fingerprint density at radius 2 is 2.20 bits per heavy atom. The first-order chi connectivity index (χ1) is 7.13. The van der Waals surface area contributed by atoms with Crippen LogP contribution in [-0.4, -0.2) is 55.0 Å². The molecule has 0 amide bonds. The quantitative estimate of drug-likeness (QED) is 0.538. The summed E-state index contributed by atoms with van der Waals surface area (Å²) >= 11 is 0. The Balaban J connectivity index is 2.18. The number of aromatic nitrogens is 3. The highest BCUT2D eigenvalue weighted by Crippen LogP contribution is 2.28. The maximum Gasteiger partial charge on any atom is 0.180 e. The standard InChI is InChI=1S/C8H13N3O4/c1-4-9-3-11(10-4)8-7(14)6(13)5(2-12)15-8/h3,5-8,12-14H,2H2,1H3/t5-,6-,7-,8-/m1/s1. The molecule has 15 heavy (non-hydrogen) atoms. The van der Waals surface area contributed by atoms with Gasteiger partial charge in [0.05, 0.1) is 6.61 Å². The molecule has 0 radical (unpaired) electrons. The van der Waals surface area contributed by atoms with Gasteiger partial charge in [-0.1, -0.05) is 0 Å². The van der Waals surface area contributed by atoms with Crippen LogP contribution in [0.2, 0.25) is 0 Å². The number of hydrogen-bond acceptors (Lipinski definition) is 6. The lowest BCUT2D eigenvalue weighted by atomic mass is 10.1. The summed E-state index contributed by atoms with van der Waals surface area (Å²) in [6.07, 6.45) is -2.38. The molecular weight excluding hydrogens is 202 g/mol. The van der Waals surface area contributed by atoms with E-state index in [1.165, 1.54) is 11.0 Å². The number of nitrogens with zero attached hydrogens (tertiary/aromatic N) is 3. The molecular formula is C8H13N3O4. The minimum absolute atomic E-state index is 0.345. The number of aliphatic hydroxyl groups excluding tert-OH is 3. The molecule has 4 atom stereocenters. The van der Waals surface area contributed by atoms with Crippen LogP contribution in [0.4, 0.5) is 0 Å². The van der Waals surface area contributed by atoms with E-state index in [1.807, 2.05) is 0 Å². The van der Waals surface area contributed by atoms with Gasteiger partial charge in [0.2, 0.25) is 0 Å². The third-order valence-electron chi connectivity index (χ3n) is 2.40. The Kier molecular flexibility index (Phi) is 2.70. The molecule has 0 bridgehead atoms. The van der Waals surface area contributed by atoms with Gasteiger partial charge in [0, 0.05) is 0 Å². The smallest absolute Gasteiger partial charge is 0.180 e. The summed E-state index contributed by atoms with van der Waals surface area (Å²) in [7, 11) is 0.